The van der Waals surface area contributed by atoms with Gasteiger partial charge in [0.25, 0.3) is 5.91 Å². The number of nitrogens with zero attached hydrogens (tertiary/aromatic N) is 2. The standard InChI is InChI=1S/C33H30N4O5/c1-21-13-15-25-23(17-21)19-26(33(39)34-27-11-7-8-12-29(27)40-2)32(38)31(25)36-35-28-18-22(14-16-30(28)41-3)20-42-37-24-9-5-4-6-10-24/h4-19,37-38H,20H2,1-3H3,(H,34,39). The van der Waals surface area contributed by atoms with E-state index >= 15 is 0 Å². The van der Waals surface area contributed by atoms with Crippen LogP contribution in [0.15, 0.2) is 107 Å². The maximum atomic E-state index is 13.4. The van der Waals surface area contributed by atoms with Crippen LogP contribution < -0.4 is 20.3 Å². The van der Waals surface area contributed by atoms with Gasteiger partial charge in [-0.15, -0.1) is 10.2 Å². The summed E-state index contributed by atoms with van der Waals surface area (Å²) in [5.74, 6) is 0.174. The van der Waals surface area contributed by atoms with Gasteiger partial charge in [0.05, 0.1) is 37.8 Å². The number of carbonyl (C=O) groups excluding carboxylic acids is 1. The average Bonchev–Trinajstić information content (AvgIpc) is 3.01. The molecule has 5 aromatic carbocycles. The fourth-order valence-corrected chi connectivity index (χ4v) is 4.42. The molecule has 0 fully saturated rings. The molecule has 0 aromatic heterocycles. The third-order valence-corrected chi connectivity index (χ3v) is 6.54. The number of nitrogens with one attached hydrogen (secondary N) is 2. The number of methoxy groups -OCH3 is 2. The van der Waals surface area contributed by atoms with Gasteiger partial charge in [-0.1, -0.05) is 60.2 Å². The van der Waals surface area contributed by atoms with E-state index in [-0.39, 0.29) is 23.6 Å². The summed E-state index contributed by atoms with van der Waals surface area (Å²) in [6, 6.07) is 29.3. The number of amides is 1. The molecule has 0 aliphatic carbocycles. The average molecular weight is 563 g/mol. The molecule has 9 nitrogen and oxygen atoms in total. The van der Waals surface area contributed by atoms with Crippen molar-refractivity contribution in [2.75, 3.05) is 25.0 Å². The van der Waals surface area contributed by atoms with Crippen LogP contribution in [0.1, 0.15) is 21.5 Å². The summed E-state index contributed by atoms with van der Waals surface area (Å²) in [6.07, 6.45) is 0. The van der Waals surface area contributed by atoms with Crippen LogP contribution in [0.3, 0.4) is 0 Å². The van der Waals surface area contributed by atoms with Gasteiger partial charge < -0.3 is 19.9 Å². The third kappa shape index (κ3) is 6.32. The number of para-hydroxylation sites is 3. The first-order valence-electron chi connectivity index (χ1n) is 13.2. The Morgan fingerprint density at radius 2 is 1.60 bits per heavy atom. The zero-order chi connectivity index (χ0) is 29.5. The monoisotopic (exact) mass is 562 g/mol. The van der Waals surface area contributed by atoms with Crippen molar-refractivity contribution in [1.29, 1.82) is 0 Å². The first-order valence-corrected chi connectivity index (χ1v) is 13.2. The number of aromatic hydroxyl groups is 1. The van der Waals surface area contributed by atoms with Crippen molar-refractivity contribution in [2.24, 2.45) is 10.2 Å². The third-order valence-electron chi connectivity index (χ3n) is 6.54. The molecule has 0 saturated heterocycles. The van der Waals surface area contributed by atoms with E-state index in [0.717, 1.165) is 22.2 Å². The Hall–Kier alpha value is -5.41. The highest BCUT2D eigenvalue weighted by atomic mass is 16.6. The summed E-state index contributed by atoms with van der Waals surface area (Å²) in [5, 5.41) is 24.4. The van der Waals surface area contributed by atoms with Crippen molar-refractivity contribution in [3.05, 3.63) is 114 Å². The molecule has 0 aliphatic rings. The van der Waals surface area contributed by atoms with E-state index in [1.54, 1.807) is 49.6 Å². The van der Waals surface area contributed by atoms with E-state index in [1.165, 1.54) is 7.11 Å². The minimum absolute atomic E-state index is 0.0501. The predicted octanol–water partition coefficient (Wildman–Crippen LogP) is 8.08. The van der Waals surface area contributed by atoms with E-state index in [2.05, 4.69) is 21.0 Å². The molecule has 212 valence electrons. The SMILES string of the molecule is COc1ccc(CONc2ccccc2)cc1N=Nc1c(O)c(C(=O)Nc2ccccc2OC)cc2cc(C)ccc12. The molecule has 5 aromatic rings. The second kappa shape index (κ2) is 12.8. The first kappa shape index (κ1) is 28.1. The van der Waals surface area contributed by atoms with E-state index in [0.29, 0.717) is 28.3 Å². The van der Waals surface area contributed by atoms with Gasteiger partial charge in [-0.05, 0) is 60.3 Å². The Bertz CT molecular complexity index is 1760. The number of rotatable bonds is 10. The van der Waals surface area contributed by atoms with Gasteiger partial charge in [-0.2, -0.15) is 0 Å². The normalized spacial score (nSPS) is 11.0. The number of fused-ring (bicyclic) bond motifs is 1. The lowest BCUT2D eigenvalue weighted by Crippen LogP contribution is -2.13. The van der Waals surface area contributed by atoms with Crippen LogP contribution in [0.4, 0.5) is 22.7 Å². The zero-order valence-corrected chi connectivity index (χ0v) is 23.4. The molecular weight excluding hydrogens is 532 g/mol. The number of phenols is 1. The van der Waals surface area contributed by atoms with Gasteiger partial charge in [-0.3, -0.25) is 15.1 Å². The van der Waals surface area contributed by atoms with Crippen molar-refractivity contribution in [3.8, 4) is 17.2 Å². The van der Waals surface area contributed by atoms with Gasteiger partial charge >= 0.3 is 0 Å². The number of benzene rings is 5. The molecule has 3 N–H and O–H groups in total. The van der Waals surface area contributed by atoms with Gasteiger partial charge in [0.2, 0.25) is 0 Å². The molecule has 42 heavy (non-hydrogen) atoms. The van der Waals surface area contributed by atoms with E-state index in [9.17, 15) is 9.90 Å². The summed E-state index contributed by atoms with van der Waals surface area (Å²) in [4.78, 5) is 19.0. The van der Waals surface area contributed by atoms with Crippen molar-refractivity contribution < 1.29 is 24.2 Å². The van der Waals surface area contributed by atoms with Crippen LogP contribution in [0.2, 0.25) is 0 Å². The van der Waals surface area contributed by atoms with Crippen LogP contribution in [-0.2, 0) is 11.4 Å². The summed E-state index contributed by atoms with van der Waals surface area (Å²) in [5.41, 5.74) is 6.67. The largest absolute Gasteiger partial charge is 0.505 e. The van der Waals surface area contributed by atoms with Crippen molar-refractivity contribution in [1.82, 2.24) is 0 Å². The molecule has 0 atom stereocenters. The summed E-state index contributed by atoms with van der Waals surface area (Å²) in [7, 11) is 3.06. The molecule has 0 heterocycles. The quantitative estimate of drug-likeness (QED) is 0.117. The van der Waals surface area contributed by atoms with Gasteiger partial charge in [0.15, 0.2) is 5.75 Å². The summed E-state index contributed by atoms with van der Waals surface area (Å²) < 4.78 is 10.9. The van der Waals surface area contributed by atoms with Crippen LogP contribution >= 0.6 is 0 Å². The maximum absolute atomic E-state index is 13.4. The second-order valence-corrected chi connectivity index (χ2v) is 9.46. The number of azo groups is 1. The molecule has 0 radical (unpaired) electrons. The van der Waals surface area contributed by atoms with E-state index in [4.69, 9.17) is 14.3 Å². The molecule has 1 amide bonds. The molecular formula is C33H30N4O5. The number of hydrogen-bond acceptors (Lipinski definition) is 8. The van der Waals surface area contributed by atoms with Gasteiger partial charge in [-0.25, -0.2) is 0 Å². The Labute approximate surface area is 243 Å². The second-order valence-electron chi connectivity index (χ2n) is 9.46. The fraction of sp³-hybridized carbons (Fsp3) is 0.121. The first-order chi connectivity index (χ1) is 20.5. The molecule has 0 bridgehead atoms. The smallest absolute Gasteiger partial charge is 0.259 e. The molecule has 0 unspecified atom stereocenters. The lowest BCUT2D eigenvalue weighted by Gasteiger charge is -2.13. The molecule has 9 heteroatoms. The minimum Gasteiger partial charge on any atom is -0.505 e. The summed E-state index contributed by atoms with van der Waals surface area (Å²) in [6.45, 7) is 2.21. The number of aryl methyl sites for hydroxylation is 1. The van der Waals surface area contributed by atoms with E-state index in [1.807, 2.05) is 61.5 Å². The Balaban J connectivity index is 1.47. The molecule has 0 spiro atoms. The Morgan fingerprint density at radius 1 is 0.833 bits per heavy atom. The van der Waals surface area contributed by atoms with Crippen molar-refractivity contribution >= 4 is 39.4 Å². The number of hydrogen-bond donors (Lipinski definition) is 3. The Morgan fingerprint density at radius 3 is 2.38 bits per heavy atom. The highest BCUT2D eigenvalue weighted by Crippen LogP contribution is 2.41. The summed E-state index contributed by atoms with van der Waals surface area (Å²) >= 11 is 0. The van der Waals surface area contributed by atoms with Crippen LogP contribution in [-0.4, -0.2) is 25.2 Å². The topological polar surface area (TPSA) is 114 Å². The number of phenolic OH excluding ortho intramolecular Hbond substituents is 1. The van der Waals surface area contributed by atoms with Gasteiger partial charge in [0.1, 0.15) is 22.9 Å². The lowest BCUT2D eigenvalue weighted by atomic mass is 10.0. The molecule has 0 aliphatic heterocycles. The zero-order valence-electron chi connectivity index (χ0n) is 23.4. The van der Waals surface area contributed by atoms with Crippen LogP contribution in [0.5, 0.6) is 17.2 Å². The van der Waals surface area contributed by atoms with Crippen LogP contribution in [0, 0.1) is 6.92 Å². The van der Waals surface area contributed by atoms with Crippen molar-refractivity contribution in [2.45, 2.75) is 13.5 Å². The number of anilines is 2. The lowest BCUT2D eigenvalue weighted by molar-refractivity contribution is 0.102. The van der Waals surface area contributed by atoms with Crippen molar-refractivity contribution in [3.63, 3.8) is 0 Å². The maximum Gasteiger partial charge on any atom is 0.259 e. The number of carbonyl (C=O) groups is 1. The number of ether oxygens (including phenoxy) is 2. The Kier molecular flexibility index (Phi) is 8.60. The minimum atomic E-state index is -0.514. The fourth-order valence-electron chi connectivity index (χ4n) is 4.42. The molecule has 5 rings (SSSR count). The van der Waals surface area contributed by atoms with Crippen LogP contribution in [0.25, 0.3) is 10.8 Å². The highest BCUT2D eigenvalue weighted by Gasteiger charge is 2.20. The molecule has 0 saturated carbocycles. The predicted molar refractivity (Wildman–Crippen MR) is 163 cm³/mol. The van der Waals surface area contributed by atoms with Gasteiger partial charge in [0, 0.05) is 5.39 Å². The highest BCUT2D eigenvalue weighted by molar-refractivity contribution is 6.12. The van der Waals surface area contributed by atoms with E-state index < -0.39 is 5.91 Å².